The van der Waals surface area contributed by atoms with Crippen LogP contribution in [0.3, 0.4) is 0 Å². The number of aromatic nitrogens is 1. The third-order valence-corrected chi connectivity index (χ3v) is 3.26. The van der Waals surface area contributed by atoms with Crippen molar-refractivity contribution in [3.8, 4) is 17.3 Å². The van der Waals surface area contributed by atoms with Crippen LogP contribution in [0.1, 0.15) is 18.1 Å². The number of pyridine rings is 1. The van der Waals surface area contributed by atoms with Gasteiger partial charge in [0.2, 0.25) is 0 Å². The van der Waals surface area contributed by atoms with Gasteiger partial charge in [0.25, 0.3) is 0 Å². The lowest BCUT2D eigenvalue weighted by Gasteiger charge is -2.08. The van der Waals surface area contributed by atoms with E-state index in [9.17, 15) is 4.39 Å². The standard InChI is InChI=1S/C14H10FIN2/c1-2-10-6-11(16)8-18-14(10)12-4-3-9(7-17)5-13(12)15/h3-6,8H,2H2,1H3. The van der Waals surface area contributed by atoms with Crippen LogP contribution in [0, 0.1) is 20.7 Å². The van der Waals surface area contributed by atoms with E-state index in [1.165, 1.54) is 6.07 Å². The number of nitriles is 1. The molecule has 4 heteroatoms. The summed E-state index contributed by atoms with van der Waals surface area (Å²) in [4.78, 5) is 4.31. The first-order valence-corrected chi connectivity index (χ1v) is 6.58. The van der Waals surface area contributed by atoms with Gasteiger partial charge in [-0.3, -0.25) is 4.98 Å². The third-order valence-electron chi connectivity index (χ3n) is 2.67. The summed E-state index contributed by atoms with van der Waals surface area (Å²) >= 11 is 2.19. The Morgan fingerprint density at radius 2 is 2.17 bits per heavy atom. The van der Waals surface area contributed by atoms with E-state index in [-0.39, 0.29) is 0 Å². The molecule has 0 aliphatic heterocycles. The Morgan fingerprint density at radius 3 is 2.78 bits per heavy atom. The Kier molecular flexibility index (Phi) is 3.92. The van der Waals surface area contributed by atoms with Crippen LogP contribution in [-0.2, 0) is 6.42 Å². The van der Waals surface area contributed by atoms with Crippen molar-refractivity contribution in [2.24, 2.45) is 0 Å². The molecule has 0 unspecified atom stereocenters. The highest BCUT2D eigenvalue weighted by atomic mass is 127. The van der Waals surface area contributed by atoms with Crippen LogP contribution in [0.5, 0.6) is 0 Å². The smallest absolute Gasteiger partial charge is 0.133 e. The van der Waals surface area contributed by atoms with Gasteiger partial charge in [-0.05, 0) is 58.8 Å². The van der Waals surface area contributed by atoms with Crippen molar-refractivity contribution in [2.75, 3.05) is 0 Å². The number of aryl methyl sites for hydroxylation is 1. The van der Waals surface area contributed by atoms with Gasteiger partial charge in [-0.2, -0.15) is 5.26 Å². The second-order valence-electron chi connectivity index (χ2n) is 3.82. The largest absolute Gasteiger partial charge is 0.255 e. The molecule has 2 aromatic rings. The molecular formula is C14H10FIN2. The zero-order valence-corrected chi connectivity index (χ0v) is 11.9. The van der Waals surface area contributed by atoms with Crippen LogP contribution in [-0.4, -0.2) is 4.98 Å². The quantitative estimate of drug-likeness (QED) is 0.768. The fraction of sp³-hybridized carbons (Fsp3) is 0.143. The lowest BCUT2D eigenvalue weighted by atomic mass is 10.0. The van der Waals surface area contributed by atoms with Crippen molar-refractivity contribution in [1.82, 2.24) is 4.98 Å². The molecule has 0 fully saturated rings. The highest BCUT2D eigenvalue weighted by molar-refractivity contribution is 14.1. The van der Waals surface area contributed by atoms with E-state index in [1.807, 2.05) is 19.1 Å². The minimum Gasteiger partial charge on any atom is -0.255 e. The van der Waals surface area contributed by atoms with Crippen LogP contribution in [0.4, 0.5) is 4.39 Å². The van der Waals surface area contributed by atoms with Gasteiger partial charge in [-0.25, -0.2) is 4.39 Å². The van der Waals surface area contributed by atoms with Gasteiger partial charge in [0, 0.05) is 15.3 Å². The first-order valence-electron chi connectivity index (χ1n) is 5.50. The van der Waals surface area contributed by atoms with Gasteiger partial charge >= 0.3 is 0 Å². The molecule has 2 nitrogen and oxygen atoms in total. The van der Waals surface area contributed by atoms with Gasteiger partial charge in [0.15, 0.2) is 0 Å². The molecule has 1 aromatic carbocycles. The molecule has 0 saturated carbocycles. The van der Waals surface area contributed by atoms with E-state index in [2.05, 4.69) is 27.6 Å². The van der Waals surface area contributed by atoms with Gasteiger partial charge in [0.1, 0.15) is 5.82 Å². The summed E-state index contributed by atoms with van der Waals surface area (Å²) < 4.78 is 15.0. The van der Waals surface area contributed by atoms with Crippen molar-refractivity contribution in [3.63, 3.8) is 0 Å². The van der Waals surface area contributed by atoms with Crippen LogP contribution in [0.2, 0.25) is 0 Å². The average molecular weight is 352 g/mol. The molecule has 0 saturated heterocycles. The van der Waals surface area contributed by atoms with Crippen LogP contribution >= 0.6 is 22.6 Å². The Labute approximate surface area is 119 Å². The van der Waals surface area contributed by atoms with Gasteiger partial charge < -0.3 is 0 Å². The Balaban J connectivity index is 2.59. The minimum absolute atomic E-state index is 0.319. The number of hydrogen-bond donors (Lipinski definition) is 0. The molecule has 0 N–H and O–H groups in total. The maximum absolute atomic E-state index is 13.9. The first kappa shape index (κ1) is 13.0. The Bertz CT molecular complexity index is 632. The average Bonchev–Trinajstić information content (AvgIpc) is 2.39. The summed E-state index contributed by atoms with van der Waals surface area (Å²) in [6.45, 7) is 2.01. The van der Waals surface area contributed by atoms with Crippen molar-refractivity contribution < 1.29 is 4.39 Å². The number of halogens is 2. The molecule has 90 valence electrons. The fourth-order valence-corrected chi connectivity index (χ4v) is 2.29. The summed E-state index contributed by atoms with van der Waals surface area (Å²) in [5, 5.41) is 8.73. The van der Waals surface area contributed by atoms with E-state index in [1.54, 1.807) is 18.3 Å². The second-order valence-corrected chi connectivity index (χ2v) is 5.07. The molecule has 0 bridgehead atoms. The van der Waals surface area contributed by atoms with E-state index in [0.717, 1.165) is 15.6 Å². The third kappa shape index (κ3) is 2.51. The minimum atomic E-state index is -0.405. The fourth-order valence-electron chi connectivity index (χ4n) is 1.77. The maximum atomic E-state index is 13.9. The van der Waals surface area contributed by atoms with Crippen molar-refractivity contribution in [1.29, 1.82) is 5.26 Å². The van der Waals surface area contributed by atoms with Crippen LogP contribution in [0.25, 0.3) is 11.3 Å². The lowest BCUT2D eigenvalue weighted by Crippen LogP contribution is -1.96. The predicted molar refractivity (Wildman–Crippen MR) is 76.4 cm³/mol. The summed E-state index contributed by atoms with van der Waals surface area (Å²) in [5.74, 6) is -0.405. The molecule has 0 radical (unpaired) electrons. The molecule has 0 aliphatic rings. The number of rotatable bonds is 2. The molecule has 0 aliphatic carbocycles. The molecule has 0 atom stereocenters. The lowest BCUT2D eigenvalue weighted by molar-refractivity contribution is 0.630. The monoisotopic (exact) mass is 352 g/mol. The van der Waals surface area contributed by atoms with Gasteiger partial charge in [0.05, 0.1) is 17.3 Å². The van der Waals surface area contributed by atoms with Gasteiger partial charge in [-0.15, -0.1) is 0 Å². The van der Waals surface area contributed by atoms with Crippen molar-refractivity contribution in [3.05, 3.63) is 51.0 Å². The molecule has 1 aromatic heterocycles. The van der Waals surface area contributed by atoms with E-state index < -0.39 is 5.82 Å². The zero-order valence-electron chi connectivity index (χ0n) is 9.74. The molecule has 2 rings (SSSR count). The zero-order chi connectivity index (χ0) is 13.1. The van der Waals surface area contributed by atoms with Crippen molar-refractivity contribution in [2.45, 2.75) is 13.3 Å². The Hall–Kier alpha value is -1.48. The predicted octanol–water partition coefficient (Wildman–Crippen LogP) is 3.93. The summed E-state index contributed by atoms with van der Waals surface area (Å²) in [6.07, 6.45) is 2.51. The van der Waals surface area contributed by atoms with E-state index in [0.29, 0.717) is 16.8 Å². The first-order chi connectivity index (χ1) is 8.65. The maximum Gasteiger partial charge on any atom is 0.133 e. The summed E-state index contributed by atoms with van der Waals surface area (Å²) in [5.41, 5.74) is 2.42. The molecule has 0 spiro atoms. The normalized spacial score (nSPS) is 10.1. The second kappa shape index (κ2) is 5.44. The molecule has 1 heterocycles. The molecule has 18 heavy (non-hydrogen) atoms. The van der Waals surface area contributed by atoms with Crippen molar-refractivity contribution >= 4 is 22.6 Å². The number of benzene rings is 1. The summed E-state index contributed by atoms with van der Waals surface area (Å²) in [6, 6.07) is 8.39. The SMILES string of the molecule is CCc1cc(I)cnc1-c1ccc(C#N)cc1F. The topological polar surface area (TPSA) is 36.7 Å². The summed E-state index contributed by atoms with van der Waals surface area (Å²) in [7, 11) is 0. The van der Waals surface area contributed by atoms with Crippen LogP contribution < -0.4 is 0 Å². The molecule has 0 amide bonds. The van der Waals surface area contributed by atoms with Gasteiger partial charge in [-0.1, -0.05) is 6.92 Å². The van der Waals surface area contributed by atoms with E-state index in [4.69, 9.17) is 5.26 Å². The molecular weight excluding hydrogens is 342 g/mol. The van der Waals surface area contributed by atoms with Crippen LogP contribution in [0.15, 0.2) is 30.5 Å². The number of hydrogen-bond acceptors (Lipinski definition) is 2. The highest BCUT2D eigenvalue weighted by Crippen LogP contribution is 2.26. The number of nitrogens with zero attached hydrogens (tertiary/aromatic N) is 2. The highest BCUT2D eigenvalue weighted by Gasteiger charge is 2.11. The Morgan fingerprint density at radius 1 is 1.39 bits per heavy atom. The van der Waals surface area contributed by atoms with E-state index >= 15 is 0 Å².